The third kappa shape index (κ3) is 11.2. The zero-order valence-electron chi connectivity index (χ0n) is 22.6. The number of primary amides is 1. The van der Waals surface area contributed by atoms with E-state index >= 15 is 0 Å². The lowest BCUT2D eigenvalue weighted by atomic mass is 10.0. The third-order valence-corrected chi connectivity index (χ3v) is 5.41. The molecule has 0 aliphatic rings. The summed E-state index contributed by atoms with van der Waals surface area (Å²) in [5.41, 5.74) is 5.96. The highest BCUT2D eigenvalue weighted by Crippen LogP contribution is 2.10. The molecule has 5 N–H and O–H groups in total. The maximum absolute atomic E-state index is 13.4. The van der Waals surface area contributed by atoms with Gasteiger partial charge in [-0.05, 0) is 31.9 Å². The normalized spacial score (nSPS) is 13.2. The molecule has 0 saturated carbocycles. The fraction of sp³-hybridized carbons (Fsp3) is 0.393. The average Bonchev–Trinajstić information content (AvgIpc) is 2.86. The summed E-state index contributed by atoms with van der Waals surface area (Å²) in [7, 11) is 1.21. The van der Waals surface area contributed by atoms with Gasteiger partial charge in [0.1, 0.15) is 23.7 Å². The molecule has 0 aliphatic carbocycles. The Morgan fingerprint density at radius 1 is 0.744 bits per heavy atom. The van der Waals surface area contributed by atoms with E-state index in [0.29, 0.717) is 0 Å². The van der Waals surface area contributed by atoms with E-state index in [1.807, 2.05) is 18.2 Å². The fourth-order valence-electron chi connectivity index (χ4n) is 3.65. The molecule has 210 valence electrons. The van der Waals surface area contributed by atoms with Gasteiger partial charge in [-0.3, -0.25) is 14.4 Å². The molecule has 3 atom stereocenters. The second-order valence-electron chi connectivity index (χ2n) is 9.89. The van der Waals surface area contributed by atoms with Gasteiger partial charge in [0.25, 0.3) is 0 Å². The van der Waals surface area contributed by atoms with Crippen LogP contribution in [0, 0.1) is 0 Å². The predicted octanol–water partition coefficient (Wildman–Crippen LogP) is 1.38. The summed E-state index contributed by atoms with van der Waals surface area (Å²) in [6.45, 7) is 4.93. The number of carbonyl (C=O) groups excluding carboxylic acids is 5. The Bertz CT molecular complexity index is 1130. The van der Waals surface area contributed by atoms with Crippen LogP contribution < -0.4 is 21.7 Å². The number of carbonyl (C=O) groups is 5. The van der Waals surface area contributed by atoms with E-state index in [0.717, 1.165) is 11.1 Å². The topological polar surface area (TPSA) is 166 Å². The van der Waals surface area contributed by atoms with Crippen molar-refractivity contribution in [3.63, 3.8) is 0 Å². The van der Waals surface area contributed by atoms with Crippen LogP contribution in [-0.4, -0.2) is 60.6 Å². The van der Waals surface area contributed by atoms with Crippen LogP contribution >= 0.6 is 0 Å². The van der Waals surface area contributed by atoms with Crippen molar-refractivity contribution < 1.29 is 33.4 Å². The quantitative estimate of drug-likeness (QED) is 0.295. The van der Waals surface area contributed by atoms with Gasteiger partial charge in [0.2, 0.25) is 17.7 Å². The van der Waals surface area contributed by atoms with Crippen LogP contribution in [-0.2, 0) is 41.5 Å². The Morgan fingerprint density at radius 2 is 1.21 bits per heavy atom. The Labute approximate surface area is 227 Å². The maximum Gasteiger partial charge on any atom is 0.408 e. The molecular weight excluding hydrogens is 504 g/mol. The molecule has 0 bridgehead atoms. The summed E-state index contributed by atoms with van der Waals surface area (Å²) in [5.74, 6) is -2.99. The first-order valence-corrected chi connectivity index (χ1v) is 12.4. The Hall–Kier alpha value is -4.41. The molecule has 11 nitrogen and oxygen atoms in total. The van der Waals surface area contributed by atoms with Crippen LogP contribution in [0.25, 0.3) is 0 Å². The lowest BCUT2D eigenvalue weighted by Gasteiger charge is -2.26. The number of hydrogen-bond donors (Lipinski definition) is 4. The van der Waals surface area contributed by atoms with E-state index in [1.165, 1.54) is 7.11 Å². The molecule has 0 heterocycles. The fourth-order valence-corrected chi connectivity index (χ4v) is 3.65. The van der Waals surface area contributed by atoms with Crippen molar-refractivity contribution in [2.24, 2.45) is 5.73 Å². The Morgan fingerprint density at radius 3 is 1.67 bits per heavy atom. The number of nitrogens with one attached hydrogen (secondary N) is 3. The predicted molar refractivity (Wildman–Crippen MR) is 143 cm³/mol. The minimum Gasteiger partial charge on any atom is -0.467 e. The monoisotopic (exact) mass is 540 g/mol. The van der Waals surface area contributed by atoms with E-state index in [2.05, 4.69) is 16.0 Å². The Balaban J connectivity index is 2.27. The van der Waals surface area contributed by atoms with Crippen molar-refractivity contribution in [3.05, 3.63) is 71.8 Å². The molecule has 0 spiro atoms. The van der Waals surface area contributed by atoms with Crippen LogP contribution in [0.15, 0.2) is 60.7 Å². The number of nitrogens with two attached hydrogens (primary N) is 1. The number of ether oxygens (including phenoxy) is 2. The summed E-state index contributed by atoms with van der Waals surface area (Å²) in [4.78, 5) is 63.0. The number of amides is 4. The molecule has 0 radical (unpaired) electrons. The first-order chi connectivity index (χ1) is 18.4. The van der Waals surface area contributed by atoms with Gasteiger partial charge < -0.3 is 31.2 Å². The molecule has 11 heteroatoms. The van der Waals surface area contributed by atoms with E-state index in [1.54, 1.807) is 63.2 Å². The molecule has 0 aliphatic heterocycles. The van der Waals surface area contributed by atoms with Crippen LogP contribution in [0.2, 0.25) is 0 Å². The number of benzene rings is 2. The van der Waals surface area contributed by atoms with Crippen molar-refractivity contribution in [1.29, 1.82) is 0 Å². The van der Waals surface area contributed by atoms with Gasteiger partial charge in [-0.25, -0.2) is 9.59 Å². The first-order valence-electron chi connectivity index (χ1n) is 12.4. The summed E-state index contributed by atoms with van der Waals surface area (Å²) in [6.07, 6.45) is -1.23. The molecule has 39 heavy (non-hydrogen) atoms. The van der Waals surface area contributed by atoms with Gasteiger partial charge in [0, 0.05) is 12.8 Å². The molecule has 4 amide bonds. The second kappa shape index (κ2) is 14.5. The highest BCUT2D eigenvalue weighted by Gasteiger charge is 2.32. The van der Waals surface area contributed by atoms with E-state index in [4.69, 9.17) is 15.2 Å². The lowest BCUT2D eigenvalue weighted by molar-refractivity contribution is -0.145. The number of rotatable bonds is 12. The number of methoxy groups -OCH3 is 1. The SMILES string of the molecule is COC(=O)[C@H](Cc1ccccc1)NC(=O)[C@@H](Cc1ccccc1)NC(=O)[C@@H](CC(N)=O)NC(=O)OC(C)(C)C. The summed E-state index contributed by atoms with van der Waals surface area (Å²) < 4.78 is 10.1. The maximum atomic E-state index is 13.4. The minimum absolute atomic E-state index is 0.0629. The van der Waals surface area contributed by atoms with Gasteiger partial charge >= 0.3 is 12.1 Å². The molecule has 0 unspecified atom stereocenters. The highest BCUT2D eigenvalue weighted by atomic mass is 16.6. The number of hydrogen-bond acceptors (Lipinski definition) is 7. The summed E-state index contributed by atoms with van der Waals surface area (Å²) >= 11 is 0. The third-order valence-electron chi connectivity index (χ3n) is 5.41. The number of esters is 1. The van der Waals surface area contributed by atoms with Crippen LogP contribution in [0.4, 0.5) is 4.79 Å². The standard InChI is InChI=1S/C28H36N4O7/c1-28(2,3)39-27(37)32-21(17-23(29)33)25(35)30-20(15-18-11-7-5-8-12-18)24(34)31-22(26(36)38-4)16-19-13-9-6-10-14-19/h5-14,20-22H,15-17H2,1-4H3,(H2,29,33)(H,30,35)(H,31,34)(H,32,37)/t20-,21-,22+/m1/s1. The highest BCUT2D eigenvalue weighted by molar-refractivity contribution is 5.95. The Kier molecular flexibility index (Phi) is 11.5. The number of alkyl carbamates (subject to hydrolysis) is 1. The molecule has 2 aromatic rings. The molecule has 0 aromatic heterocycles. The van der Waals surface area contributed by atoms with Crippen LogP contribution in [0.3, 0.4) is 0 Å². The van der Waals surface area contributed by atoms with Gasteiger partial charge in [-0.1, -0.05) is 60.7 Å². The van der Waals surface area contributed by atoms with Crippen LogP contribution in [0.1, 0.15) is 38.3 Å². The van der Waals surface area contributed by atoms with Crippen LogP contribution in [0.5, 0.6) is 0 Å². The van der Waals surface area contributed by atoms with Crippen molar-refractivity contribution in [2.45, 2.75) is 63.8 Å². The van der Waals surface area contributed by atoms with Gasteiger partial charge in [0.05, 0.1) is 13.5 Å². The van der Waals surface area contributed by atoms with Crippen molar-refractivity contribution in [3.8, 4) is 0 Å². The van der Waals surface area contributed by atoms with Gasteiger partial charge in [0.15, 0.2) is 0 Å². The van der Waals surface area contributed by atoms with Gasteiger partial charge in [-0.15, -0.1) is 0 Å². The molecule has 2 aromatic carbocycles. The van der Waals surface area contributed by atoms with Crippen molar-refractivity contribution >= 4 is 29.8 Å². The zero-order valence-corrected chi connectivity index (χ0v) is 22.6. The minimum atomic E-state index is -1.40. The largest absolute Gasteiger partial charge is 0.467 e. The average molecular weight is 541 g/mol. The summed E-state index contributed by atoms with van der Waals surface area (Å²) in [6, 6.07) is 14.4. The molecule has 2 rings (SSSR count). The second-order valence-corrected chi connectivity index (χ2v) is 9.89. The molecule has 0 fully saturated rings. The van der Waals surface area contributed by atoms with E-state index in [9.17, 15) is 24.0 Å². The molecular formula is C28H36N4O7. The summed E-state index contributed by atoms with van der Waals surface area (Å²) in [5, 5.41) is 7.58. The van der Waals surface area contributed by atoms with Gasteiger partial charge in [-0.2, -0.15) is 0 Å². The lowest BCUT2D eigenvalue weighted by Crippen LogP contribution is -2.57. The van der Waals surface area contributed by atoms with E-state index < -0.39 is 59.9 Å². The zero-order chi connectivity index (χ0) is 29.0. The van der Waals surface area contributed by atoms with Crippen molar-refractivity contribution in [1.82, 2.24) is 16.0 Å². The first kappa shape index (κ1) is 30.8. The smallest absolute Gasteiger partial charge is 0.408 e. The van der Waals surface area contributed by atoms with E-state index in [-0.39, 0.29) is 12.8 Å². The molecule has 0 saturated heterocycles. The van der Waals surface area contributed by atoms with Crippen molar-refractivity contribution in [2.75, 3.05) is 7.11 Å².